The Morgan fingerprint density at radius 3 is 2.22 bits per heavy atom. The number of likely N-dealkylation sites (tertiary alicyclic amines) is 1. The minimum absolute atomic E-state index is 0.0294. The second-order valence-electron chi connectivity index (χ2n) is 6.12. The van der Waals surface area contributed by atoms with Crippen molar-refractivity contribution in [2.75, 3.05) is 26.2 Å². The molecule has 122 valence electrons. The van der Waals surface area contributed by atoms with Gasteiger partial charge in [0.15, 0.2) is 0 Å². The summed E-state index contributed by atoms with van der Waals surface area (Å²) in [5.74, 6) is 0. The van der Waals surface area contributed by atoms with Crippen LogP contribution in [0.5, 0.6) is 0 Å². The van der Waals surface area contributed by atoms with Crippen molar-refractivity contribution in [3.8, 4) is 0 Å². The lowest BCUT2D eigenvalue weighted by Gasteiger charge is -2.27. The van der Waals surface area contributed by atoms with Crippen LogP contribution in [0, 0.1) is 0 Å². The Labute approximate surface area is 144 Å². The summed E-state index contributed by atoms with van der Waals surface area (Å²) in [6.07, 6.45) is 3.98. The predicted molar refractivity (Wildman–Crippen MR) is 96.0 cm³/mol. The van der Waals surface area contributed by atoms with Crippen molar-refractivity contribution in [1.82, 2.24) is 4.90 Å². The molecule has 1 saturated heterocycles. The summed E-state index contributed by atoms with van der Waals surface area (Å²) < 4.78 is 6.27. The Balaban J connectivity index is 1.66. The van der Waals surface area contributed by atoms with Crippen LogP contribution in [-0.4, -0.2) is 31.1 Å². The Bertz CT molecular complexity index is 578. The van der Waals surface area contributed by atoms with Crippen LogP contribution in [0.3, 0.4) is 0 Å². The second kappa shape index (κ2) is 8.49. The third kappa shape index (κ3) is 4.81. The van der Waals surface area contributed by atoms with E-state index in [9.17, 15) is 0 Å². The van der Waals surface area contributed by atoms with Crippen molar-refractivity contribution >= 4 is 11.6 Å². The van der Waals surface area contributed by atoms with E-state index in [4.69, 9.17) is 16.3 Å². The first kappa shape index (κ1) is 16.5. The third-order valence-corrected chi connectivity index (χ3v) is 4.67. The second-order valence-corrected chi connectivity index (χ2v) is 6.55. The first-order chi connectivity index (χ1) is 11.3. The summed E-state index contributed by atoms with van der Waals surface area (Å²) in [4.78, 5) is 2.51. The maximum Gasteiger partial charge on any atom is 0.108 e. The van der Waals surface area contributed by atoms with Crippen LogP contribution in [0.4, 0.5) is 0 Å². The molecule has 0 N–H and O–H groups in total. The molecule has 1 atom stereocenters. The van der Waals surface area contributed by atoms with Gasteiger partial charge in [-0.15, -0.1) is 0 Å². The highest BCUT2D eigenvalue weighted by Crippen LogP contribution is 2.27. The molecule has 0 saturated carbocycles. The molecule has 0 radical (unpaired) electrons. The van der Waals surface area contributed by atoms with Crippen molar-refractivity contribution in [3.63, 3.8) is 0 Å². The monoisotopic (exact) mass is 329 g/mol. The molecule has 1 aliphatic rings. The normalized spacial score (nSPS) is 17.1. The molecule has 3 rings (SSSR count). The molecule has 1 aliphatic heterocycles. The molecule has 23 heavy (non-hydrogen) atoms. The molecule has 2 nitrogen and oxygen atoms in total. The number of piperidine rings is 1. The molecule has 0 aliphatic carbocycles. The zero-order chi connectivity index (χ0) is 15.9. The van der Waals surface area contributed by atoms with Crippen LogP contribution in [-0.2, 0) is 4.74 Å². The van der Waals surface area contributed by atoms with Crippen LogP contribution in [0.15, 0.2) is 54.6 Å². The smallest absolute Gasteiger partial charge is 0.108 e. The van der Waals surface area contributed by atoms with Gasteiger partial charge < -0.3 is 9.64 Å². The van der Waals surface area contributed by atoms with E-state index in [-0.39, 0.29) is 6.10 Å². The average Bonchev–Trinajstić information content (AvgIpc) is 2.61. The number of ether oxygens (including phenoxy) is 1. The van der Waals surface area contributed by atoms with E-state index in [1.807, 2.05) is 18.2 Å². The van der Waals surface area contributed by atoms with E-state index in [1.165, 1.54) is 37.9 Å². The van der Waals surface area contributed by atoms with Gasteiger partial charge in [0.1, 0.15) is 6.10 Å². The van der Waals surface area contributed by atoms with Crippen LogP contribution < -0.4 is 0 Å². The van der Waals surface area contributed by atoms with Gasteiger partial charge in [0.2, 0.25) is 0 Å². The van der Waals surface area contributed by atoms with Crippen LogP contribution >= 0.6 is 11.6 Å². The maximum absolute atomic E-state index is 6.27. The molecular formula is C20H24ClNO. The zero-order valence-electron chi connectivity index (χ0n) is 13.5. The van der Waals surface area contributed by atoms with Crippen molar-refractivity contribution < 1.29 is 4.74 Å². The standard InChI is InChI=1S/C20H24ClNO/c21-19-11-9-18(10-12-19)20(17-7-3-1-4-8-17)23-16-15-22-13-5-2-6-14-22/h1,3-4,7-12,20H,2,5-6,13-16H2/t20-/m0/s1. The number of hydrogen-bond donors (Lipinski definition) is 0. The highest BCUT2D eigenvalue weighted by atomic mass is 35.5. The summed E-state index contributed by atoms with van der Waals surface area (Å²) in [5.41, 5.74) is 2.34. The van der Waals surface area contributed by atoms with E-state index >= 15 is 0 Å². The fourth-order valence-corrected chi connectivity index (χ4v) is 3.26. The Kier molecular flexibility index (Phi) is 6.09. The summed E-state index contributed by atoms with van der Waals surface area (Å²) in [6.45, 7) is 4.18. The van der Waals surface area contributed by atoms with E-state index in [2.05, 4.69) is 41.3 Å². The number of rotatable bonds is 6. The number of benzene rings is 2. The topological polar surface area (TPSA) is 12.5 Å². The van der Waals surface area contributed by atoms with E-state index in [0.29, 0.717) is 0 Å². The Morgan fingerprint density at radius 2 is 1.52 bits per heavy atom. The molecule has 1 heterocycles. The SMILES string of the molecule is Clc1ccc([C@@H](OCCN2CCCCC2)c2ccccc2)cc1. The zero-order valence-corrected chi connectivity index (χ0v) is 14.2. The van der Waals surface area contributed by atoms with Crippen molar-refractivity contribution in [2.45, 2.75) is 25.4 Å². The molecule has 1 fully saturated rings. The first-order valence-corrected chi connectivity index (χ1v) is 8.85. The Hall–Kier alpha value is -1.35. The number of halogens is 1. The van der Waals surface area contributed by atoms with Crippen molar-refractivity contribution in [1.29, 1.82) is 0 Å². The van der Waals surface area contributed by atoms with Gasteiger partial charge in [-0.25, -0.2) is 0 Å². The quantitative estimate of drug-likeness (QED) is 0.745. The van der Waals surface area contributed by atoms with Gasteiger partial charge in [-0.05, 0) is 49.2 Å². The van der Waals surface area contributed by atoms with Gasteiger partial charge in [-0.2, -0.15) is 0 Å². The largest absolute Gasteiger partial charge is 0.367 e. The number of hydrogen-bond acceptors (Lipinski definition) is 2. The van der Waals surface area contributed by atoms with Crippen molar-refractivity contribution in [2.24, 2.45) is 0 Å². The highest BCUT2D eigenvalue weighted by Gasteiger charge is 2.16. The molecule has 3 heteroatoms. The summed E-state index contributed by atoms with van der Waals surface area (Å²) in [6, 6.07) is 18.4. The van der Waals surface area contributed by atoms with E-state index in [0.717, 1.165) is 23.7 Å². The van der Waals surface area contributed by atoms with E-state index in [1.54, 1.807) is 0 Å². The Morgan fingerprint density at radius 1 is 0.870 bits per heavy atom. The van der Waals surface area contributed by atoms with Crippen molar-refractivity contribution in [3.05, 3.63) is 70.7 Å². The van der Waals surface area contributed by atoms with Crippen LogP contribution in [0.2, 0.25) is 5.02 Å². The fourth-order valence-electron chi connectivity index (χ4n) is 3.13. The van der Waals surface area contributed by atoms with Gasteiger partial charge in [-0.1, -0.05) is 60.5 Å². The van der Waals surface area contributed by atoms with Crippen LogP contribution in [0.25, 0.3) is 0 Å². The summed E-state index contributed by atoms with van der Waals surface area (Å²) in [7, 11) is 0. The third-order valence-electron chi connectivity index (χ3n) is 4.42. The molecule has 0 aromatic heterocycles. The lowest BCUT2D eigenvalue weighted by Crippen LogP contribution is -2.33. The number of nitrogens with zero attached hydrogens (tertiary/aromatic N) is 1. The molecule has 2 aromatic carbocycles. The molecular weight excluding hydrogens is 306 g/mol. The van der Waals surface area contributed by atoms with Gasteiger partial charge in [0.05, 0.1) is 6.61 Å². The van der Waals surface area contributed by atoms with Gasteiger partial charge in [0.25, 0.3) is 0 Å². The average molecular weight is 330 g/mol. The maximum atomic E-state index is 6.27. The highest BCUT2D eigenvalue weighted by molar-refractivity contribution is 6.30. The van der Waals surface area contributed by atoms with Crippen LogP contribution in [0.1, 0.15) is 36.5 Å². The predicted octanol–water partition coefficient (Wildman–Crippen LogP) is 4.93. The molecule has 0 bridgehead atoms. The molecule has 0 unspecified atom stereocenters. The van der Waals surface area contributed by atoms with E-state index < -0.39 is 0 Å². The fraction of sp³-hybridized carbons (Fsp3) is 0.400. The minimum atomic E-state index is -0.0294. The molecule has 2 aromatic rings. The molecule has 0 spiro atoms. The van der Waals surface area contributed by atoms with Gasteiger partial charge in [0, 0.05) is 11.6 Å². The van der Waals surface area contributed by atoms with Gasteiger partial charge >= 0.3 is 0 Å². The summed E-state index contributed by atoms with van der Waals surface area (Å²) >= 11 is 6.02. The lowest BCUT2D eigenvalue weighted by molar-refractivity contribution is 0.0557. The lowest BCUT2D eigenvalue weighted by atomic mass is 10.0. The summed E-state index contributed by atoms with van der Waals surface area (Å²) in [5, 5.41) is 0.758. The minimum Gasteiger partial charge on any atom is -0.367 e. The molecule has 0 amide bonds. The first-order valence-electron chi connectivity index (χ1n) is 8.47. The van der Waals surface area contributed by atoms with Gasteiger partial charge in [-0.3, -0.25) is 0 Å².